The van der Waals surface area contributed by atoms with Crippen molar-refractivity contribution in [2.45, 2.75) is 31.1 Å². The smallest absolute Gasteiger partial charge is 0.273 e. The molecule has 1 amide bonds. The summed E-state index contributed by atoms with van der Waals surface area (Å²) < 4.78 is 11.2. The lowest BCUT2D eigenvalue weighted by Crippen LogP contribution is -2.44. The number of nitrogens with zero attached hydrogens (tertiary/aromatic N) is 3. The quantitative estimate of drug-likeness (QED) is 0.777. The van der Waals surface area contributed by atoms with Crippen molar-refractivity contribution in [2.75, 3.05) is 20.3 Å². The summed E-state index contributed by atoms with van der Waals surface area (Å²) in [4.78, 5) is 22.2. The first-order valence-corrected chi connectivity index (χ1v) is 6.52. The third-order valence-electron chi connectivity index (χ3n) is 3.84. The van der Waals surface area contributed by atoms with Gasteiger partial charge in [-0.2, -0.15) is 0 Å². The summed E-state index contributed by atoms with van der Waals surface area (Å²) in [5.74, 6) is -0.0672. The molecule has 3 heterocycles. The number of fused-ring (bicyclic) bond motifs is 1. The summed E-state index contributed by atoms with van der Waals surface area (Å²) in [6.07, 6.45) is 4.86. The van der Waals surface area contributed by atoms with Gasteiger partial charge in [-0.05, 0) is 18.9 Å². The Morgan fingerprint density at radius 2 is 2.47 bits per heavy atom. The normalized spacial score (nSPS) is 30.2. The van der Waals surface area contributed by atoms with Crippen LogP contribution in [-0.4, -0.2) is 59.3 Å². The first-order chi connectivity index (χ1) is 9.31. The van der Waals surface area contributed by atoms with Gasteiger partial charge < -0.3 is 14.4 Å². The van der Waals surface area contributed by atoms with Crippen molar-refractivity contribution in [2.24, 2.45) is 0 Å². The molecular formula is C13H17N3O3. The molecule has 0 aliphatic carbocycles. The van der Waals surface area contributed by atoms with E-state index in [2.05, 4.69) is 9.97 Å². The maximum atomic E-state index is 12.5. The molecule has 3 rings (SSSR count). The predicted octanol–water partition coefficient (Wildman–Crippen LogP) is 0.495. The van der Waals surface area contributed by atoms with Crippen molar-refractivity contribution in [1.82, 2.24) is 14.9 Å². The molecule has 0 saturated carbocycles. The molecule has 1 aromatic heterocycles. The van der Waals surface area contributed by atoms with Gasteiger partial charge in [0.05, 0.1) is 12.6 Å². The third kappa shape index (κ3) is 2.21. The molecule has 0 aromatic carbocycles. The Bertz CT molecular complexity index is 454. The van der Waals surface area contributed by atoms with Crippen LogP contribution in [0.4, 0.5) is 0 Å². The van der Waals surface area contributed by atoms with Crippen molar-refractivity contribution in [1.29, 1.82) is 0 Å². The third-order valence-corrected chi connectivity index (χ3v) is 3.84. The maximum Gasteiger partial charge on any atom is 0.273 e. The molecular weight excluding hydrogens is 246 g/mol. The molecule has 0 bridgehead atoms. The minimum atomic E-state index is -0.0672. The van der Waals surface area contributed by atoms with Gasteiger partial charge in [0.15, 0.2) is 0 Å². The van der Waals surface area contributed by atoms with Crippen LogP contribution in [0, 0.1) is 0 Å². The second-order valence-corrected chi connectivity index (χ2v) is 4.87. The fourth-order valence-corrected chi connectivity index (χ4v) is 2.92. The molecule has 2 fully saturated rings. The molecule has 102 valence electrons. The fourth-order valence-electron chi connectivity index (χ4n) is 2.92. The van der Waals surface area contributed by atoms with Crippen molar-refractivity contribution in [3.05, 3.63) is 24.3 Å². The molecule has 2 saturated heterocycles. The van der Waals surface area contributed by atoms with Gasteiger partial charge in [0.1, 0.15) is 24.2 Å². The van der Waals surface area contributed by atoms with E-state index in [0.29, 0.717) is 12.2 Å². The average molecular weight is 263 g/mol. The van der Waals surface area contributed by atoms with Crippen LogP contribution in [0.25, 0.3) is 0 Å². The van der Waals surface area contributed by atoms with Crippen molar-refractivity contribution in [3.63, 3.8) is 0 Å². The zero-order chi connectivity index (χ0) is 13.2. The summed E-state index contributed by atoms with van der Waals surface area (Å²) >= 11 is 0. The minimum absolute atomic E-state index is 0.00969. The fraction of sp³-hybridized carbons (Fsp3) is 0.615. The van der Waals surface area contributed by atoms with Gasteiger partial charge in [-0.1, -0.05) is 0 Å². The van der Waals surface area contributed by atoms with E-state index in [1.165, 1.54) is 6.33 Å². The van der Waals surface area contributed by atoms with E-state index in [4.69, 9.17) is 9.47 Å². The van der Waals surface area contributed by atoms with Gasteiger partial charge in [-0.3, -0.25) is 4.79 Å². The molecule has 0 radical (unpaired) electrons. The number of carbonyl (C=O) groups excluding carboxylic acids is 1. The van der Waals surface area contributed by atoms with Gasteiger partial charge in [-0.15, -0.1) is 0 Å². The lowest BCUT2D eigenvalue weighted by molar-refractivity contribution is -0.0639. The zero-order valence-corrected chi connectivity index (χ0v) is 10.9. The number of hydrogen-bond donors (Lipinski definition) is 0. The monoisotopic (exact) mass is 263 g/mol. The van der Waals surface area contributed by atoms with Crippen LogP contribution in [0.1, 0.15) is 23.3 Å². The average Bonchev–Trinajstić information content (AvgIpc) is 2.86. The second kappa shape index (κ2) is 5.22. The minimum Gasteiger partial charge on any atom is -0.377 e. The molecule has 0 spiro atoms. The largest absolute Gasteiger partial charge is 0.377 e. The van der Waals surface area contributed by atoms with E-state index in [1.54, 1.807) is 19.4 Å². The number of aromatic nitrogens is 2. The standard InChI is InChI=1S/C13H17N3O3/c1-18-11-7-16(10-3-2-6-19-12(10)11)13(17)9-4-5-14-8-15-9/h4-5,8,10-12H,2-3,6-7H2,1H3/t10-,11-,12+/m1/s1. The SMILES string of the molecule is CO[C@@H]1CN(C(=O)c2ccncn2)[C@@H]2CCCO[C@@H]21. The van der Waals surface area contributed by atoms with Crippen LogP contribution < -0.4 is 0 Å². The van der Waals surface area contributed by atoms with Crippen LogP contribution in [0.15, 0.2) is 18.6 Å². The van der Waals surface area contributed by atoms with Crippen LogP contribution in [0.5, 0.6) is 0 Å². The van der Waals surface area contributed by atoms with Gasteiger partial charge in [-0.25, -0.2) is 9.97 Å². The highest BCUT2D eigenvalue weighted by molar-refractivity contribution is 5.92. The van der Waals surface area contributed by atoms with E-state index in [-0.39, 0.29) is 24.2 Å². The Morgan fingerprint density at radius 3 is 3.21 bits per heavy atom. The molecule has 2 aliphatic rings. The molecule has 0 N–H and O–H groups in total. The first-order valence-electron chi connectivity index (χ1n) is 6.52. The summed E-state index contributed by atoms with van der Waals surface area (Å²) in [7, 11) is 1.67. The Kier molecular flexibility index (Phi) is 3.44. The lowest BCUT2D eigenvalue weighted by atomic mass is 10.0. The molecule has 0 unspecified atom stereocenters. The molecule has 6 nitrogen and oxygen atoms in total. The molecule has 2 aliphatic heterocycles. The van der Waals surface area contributed by atoms with Gasteiger partial charge in [0, 0.05) is 19.9 Å². The van der Waals surface area contributed by atoms with Crippen molar-refractivity contribution >= 4 is 5.91 Å². The summed E-state index contributed by atoms with van der Waals surface area (Å²) in [6.45, 7) is 1.31. The van der Waals surface area contributed by atoms with E-state index in [9.17, 15) is 4.79 Å². The van der Waals surface area contributed by atoms with Gasteiger partial charge >= 0.3 is 0 Å². The Morgan fingerprint density at radius 1 is 1.58 bits per heavy atom. The van der Waals surface area contributed by atoms with E-state index < -0.39 is 0 Å². The highest BCUT2D eigenvalue weighted by Gasteiger charge is 2.46. The number of carbonyl (C=O) groups is 1. The summed E-state index contributed by atoms with van der Waals surface area (Å²) in [5, 5.41) is 0. The van der Waals surface area contributed by atoms with Crippen LogP contribution in [0.2, 0.25) is 0 Å². The highest BCUT2D eigenvalue weighted by atomic mass is 16.5. The number of hydrogen-bond acceptors (Lipinski definition) is 5. The predicted molar refractivity (Wildman–Crippen MR) is 66.6 cm³/mol. The molecule has 19 heavy (non-hydrogen) atoms. The van der Waals surface area contributed by atoms with Gasteiger partial charge in [0.2, 0.25) is 0 Å². The lowest BCUT2D eigenvalue weighted by Gasteiger charge is -2.31. The maximum absolute atomic E-state index is 12.5. The molecule has 6 heteroatoms. The summed E-state index contributed by atoms with van der Waals surface area (Å²) in [5.41, 5.74) is 0.427. The Labute approximate surface area is 111 Å². The Hall–Kier alpha value is -1.53. The van der Waals surface area contributed by atoms with Crippen LogP contribution >= 0.6 is 0 Å². The van der Waals surface area contributed by atoms with Gasteiger partial charge in [0.25, 0.3) is 5.91 Å². The van der Waals surface area contributed by atoms with E-state index in [1.807, 2.05) is 4.90 Å². The number of methoxy groups -OCH3 is 1. The number of ether oxygens (including phenoxy) is 2. The summed E-state index contributed by atoms with van der Waals surface area (Å²) in [6, 6.07) is 1.74. The van der Waals surface area contributed by atoms with E-state index in [0.717, 1.165) is 19.4 Å². The number of likely N-dealkylation sites (tertiary alicyclic amines) is 1. The number of rotatable bonds is 2. The first kappa shape index (κ1) is 12.5. The topological polar surface area (TPSA) is 64.5 Å². The van der Waals surface area contributed by atoms with E-state index >= 15 is 0 Å². The molecule has 3 atom stereocenters. The zero-order valence-electron chi connectivity index (χ0n) is 10.9. The Balaban J connectivity index is 1.82. The van der Waals surface area contributed by atoms with Crippen molar-refractivity contribution in [3.8, 4) is 0 Å². The highest BCUT2D eigenvalue weighted by Crippen LogP contribution is 2.31. The second-order valence-electron chi connectivity index (χ2n) is 4.87. The van der Waals surface area contributed by atoms with Crippen LogP contribution in [0.3, 0.4) is 0 Å². The van der Waals surface area contributed by atoms with Crippen molar-refractivity contribution < 1.29 is 14.3 Å². The number of amides is 1. The van der Waals surface area contributed by atoms with Crippen LogP contribution in [-0.2, 0) is 9.47 Å². The molecule has 1 aromatic rings.